The van der Waals surface area contributed by atoms with Crippen LogP contribution in [0.1, 0.15) is 12.5 Å². The summed E-state index contributed by atoms with van der Waals surface area (Å²) in [4.78, 5) is 10.9. The van der Waals surface area contributed by atoms with E-state index in [9.17, 15) is 9.90 Å². The zero-order valence-corrected chi connectivity index (χ0v) is 11.2. The van der Waals surface area contributed by atoms with Gasteiger partial charge in [-0.05, 0) is 17.7 Å². The van der Waals surface area contributed by atoms with Crippen LogP contribution in [0.4, 0.5) is 0 Å². The number of phenolic OH excluding ortho intramolecular Hbond substituents is 1. The van der Waals surface area contributed by atoms with E-state index in [4.69, 9.17) is 11.6 Å². The zero-order valence-electron chi connectivity index (χ0n) is 10.5. The summed E-state index contributed by atoms with van der Waals surface area (Å²) < 4.78 is 0. The summed E-state index contributed by atoms with van der Waals surface area (Å²) in [5.41, 5.74) is 2.29. The number of nitrogens with one attached hydrogen (secondary N) is 1. The molecule has 0 unspecified atom stereocenters. The van der Waals surface area contributed by atoms with Crippen LogP contribution < -0.4 is 5.32 Å². The molecule has 0 saturated heterocycles. The van der Waals surface area contributed by atoms with Crippen LogP contribution in [-0.4, -0.2) is 11.0 Å². The van der Waals surface area contributed by atoms with Gasteiger partial charge in [0.1, 0.15) is 5.75 Å². The fourth-order valence-electron chi connectivity index (χ4n) is 1.82. The number of hydrogen-bond donors (Lipinski definition) is 2. The molecule has 0 saturated carbocycles. The molecule has 19 heavy (non-hydrogen) atoms. The number of halogens is 1. The molecule has 2 rings (SSSR count). The number of carbonyl (C=O) groups excluding carboxylic acids is 1. The summed E-state index contributed by atoms with van der Waals surface area (Å²) in [6.07, 6.45) is 0. The summed E-state index contributed by atoms with van der Waals surface area (Å²) >= 11 is 5.84. The van der Waals surface area contributed by atoms with Crippen molar-refractivity contribution in [1.82, 2.24) is 5.32 Å². The van der Waals surface area contributed by atoms with Gasteiger partial charge >= 0.3 is 0 Å². The van der Waals surface area contributed by atoms with Crippen molar-refractivity contribution >= 4 is 17.5 Å². The molecule has 2 N–H and O–H groups in total. The molecular formula is C15H14ClNO2. The fraction of sp³-hybridized carbons (Fsp3) is 0.133. The highest BCUT2D eigenvalue weighted by Gasteiger charge is 2.09. The molecule has 0 aromatic heterocycles. The van der Waals surface area contributed by atoms with Gasteiger partial charge in [0, 0.05) is 29.6 Å². The monoisotopic (exact) mass is 275 g/mol. The van der Waals surface area contributed by atoms with E-state index in [-0.39, 0.29) is 11.7 Å². The average Bonchev–Trinajstić information content (AvgIpc) is 2.39. The molecule has 0 spiro atoms. The molecule has 2 aromatic rings. The third kappa shape index (κ3) is 3.26. The first-order chi connectivity index (χ1) is 9.08. The molecule has 0 radical (unpaired) electrons. The second-order valence-electron chi connectivity index (χ2n) is 4.23. The van der Waals surface area contributed by atoms with Crippen molar-refractivity contribution in [2.24, 2.45) is 0 Å². The first-order valence-corrected chi connectivity index (χ1v) is 6.27. The van der Waals surface area contributed by atoms with E-state index >= 15 is 0 Å². The summed E-state index contributed by atoms with van der Waals surface area (Å²) in [6, 6.07) is 12.7. The maximum atomic E-state index is 10.9. The number of hydrogen-bond acceptors (Lipinski definition) is 2. The minimum absolute atomic E-state index is 0.128. The van der Waals surface area contributed by atoms with E-state index in [0.717, 1.165) is 11.1 Å². The molecule has 0 atom stereocenters. The lowest BCUT2D eigenvalue weighted by Crippen LogP contribution is -2.18. The normalized spacial score (nSPS) is 10.2. The molecule has 98 valence electrons. The molecule has 0 heterocycles. The Morgan fingerprint density at radius 3 is 2.53 bits per heavy atom. The Labute approximate surface area is 116 Å². The van der Waals surface area contributed by atoms with Crippen LogP contribution in [0.5, 0.6) is 5.75 Å². The van der Waals surface area contributed by atoms with Gasteiger partial charge in [-0.15, -0.1) is 0 Å². The van der Waals surface area contributed by atoms with Gasteiger partial charge in [-0.3, -0.25) is 4.79 Å². The SMILES string of the molecule is CC(=O)NCc1cccc(-c2ccc(Cl)cc2)c1O. The number of benzene rings is 2. The first kappa shape index (κ1) is 13.4. The van der Waals surface area contributed by atoms with Crippen LogP contribution in [0.2, 0.25) is 5.02 Å². The number of amides is 1. The Kier molecular flexibility index (Phi) is 4.07. The van der Waals surface area contributed by atoms with Crippen molar-refractivity contribution in [2.75, 3.05) is 0 Å². The van der Waals surface area contributed by atoms with Crippen molar-refractivity contribution in [3.63, 3.8) is 0 Å². The molecule has 2 aromatic carbocycles. The van der Waals surface area contributed by atoms with Crippen molar-refractivity contribution in [2.45, 2.75) is 13.5 Å². The van der Waals surface area contributed by atoms with Crippen LogP contribution >= 0.6 is 11.6 Å². The largest absolute Gasteiger partial charge is 0.507 e. The molecule has 3 nitrogen and oxygen atoms in total. The van der Waals surface area contributed by atoms with Crippen molar-refractivity contribution in [1.29, 1.82) is 0 Å². The summed E-state index contributed by atoms with van der Waals surface area (Å²) in [5, 5.41) is 13.6. The number of aromatic hydroxyl groups is 1. The number of phenols is 1. The van der Waals surface area contributed by atoms with E-state index in [1.54, 1.807) is 18.2 Å². The van der Waals surface area contributed by atoms with Crippen LogP contribution in [0.3, 0.4) is 0 Å². The van der Waals surface area contributed by atoms with Gasteiger partial charge in [0.15, 0.2) is 0 Å². The Hall–Kier alpha value is -2.00. The van der Waals surface area contributed by atoms with E-state index < -0.39 is 0 Å². The van der Waals surface area contributed by atoms with Crippen LogP contribution in [0, 0.1) is 0 Å². The average molecular weight is 276 g/mol. The third-order valence-corrected chi connectivity index (χ3v) is 3.05. The lowest BCUT2D eigenvalue weighted by Gasteiger charge is -2.10. The predicted octanol–water partition coefficient (Wildman–Crippen LogP) is 3.35. The molecule has 4 heteroatoms. The predicted molar refractivity (Wildman–Crippen MR) is 76.1 cm³/mol. The maximum Gasteiger partial charge on any atom is 0.217 e. The smallest absolute Gasteiger partial charge is 0.217 e. The molecule has 0 aliphatic heterocycles. The Morgan fingerprint density at radius 2 is 1.89 bits per heavy atom. The van der Waals surface area contributed by atoms with E-state index in [1.807, 2.05) is 24.3 Å². The number of para-hydroxylation sites is 1. The van der Waals surface area contributed by atoms with Crippen molar-refractivity contribution in [3.05, 3.63) is 53.1 Å². The van der Waals surface area contributed by atoms with Crippen molar-refractivity contribution in [3.8, 4) is 16.9 Å². The zero-order chi connectivity index (χ0) is 13.8. The number of rotatable bonds is 3. The quantitative estimate of drug-likeness (QED) is 0.902. The Balaban J connectivity index is 2.34. The van der Waals surface area contributed by atoms with Gasteiger partial charge in [-0.25, -0.2) is 0 Å². The highest BCUT2D eigenvalue weighted by Crippen LogP contribution is 2.32. The van der Waals surface area contributed by atoms with Crippen LogP contribution in [0.15, 0.2) is 42.5 Å². The first-order valence-electron chi connectivity index (χ1n) is 5.89. The Bertz CT molecular complexity index is 594. The fourth-order valence-corrected chi connectivity index (χ4v) is 1.94. The van der Waals surface area contributed by atoms with Gasteiger partial charge < -0.3 is 10.4 Å². The van der Waals surface area contributed by atoms with E-state index in [1.165, 1.54) is 6.92 Å². The van der Waals surface area contributed by atoms with Gasteiger partial charge in [0.2, 0.25) is 5.91 Å². The standard InChI is InChI=1S/C15H14ClNO2/c1-10(18)17-9-12-3-2-4-14(15(12)19)11-5-7-13(16)8-6-11/h2-8,19H,9H2,1H3,(H,17,18). The highest BCUT2D eigenvalue weighted by molar-refractivity contribution is 6.30. The minimum atomic E-state index is -0.128. The van der Waals surface area contributed by atoms with Gasteiger partial charge in [-0.1, -0.05) is 41.9 Å². The van der Waals surface area contributed by atoms with Gasteiger partial charge in [-0.2, -0.15) is 0 Å². The maximum absolute atomic E-state index is 10.9. The molecule has 0 fully saturated rings. The number of carbonyl (C=O) groups is 1. The Morgan fingerprint density at radius 1 is 1.21 bits per heavy atom. The topological polar surface area (TPSA) is 49.3 Å². The van der Waals surface area contributed by atoms with Crippen molar-refractivity contribution < 1.29 is 9.90 Å². The van der Waals surface area contributed by atoms with E-state index in [0.29, 0.717) is 17.1 Å². The lowest BCUT2D eigenvalue weighted by atomic mass is 10.0. The summed E-state index contributed by atoms with van der Waals surface area (Å²) in [6.45, 7) is 1.75. The summed E-state index contributed by atoms with van der Waals surface area (Å²) in [7, 11) is 0. The summed E-state index contributed by atoms with van der Waals surface area (Å²) in [5.74, 6) is 0.0508. The van der Waals surface area contributed by atoms with Gasteiger partial charge in [0.05, 0.1) is 0 Å². The lowest BCUT2D eigenvalue weighted by molar-refractivity contribution is -0.119. The second-order valence-corrected chi connectivity index (χ2v) is 4.67. The highest BCUT2D eigenvalue weighted by atomic mass is 35.5. The second kappa shape index (κ2) is 5.76. The molecule has 0 aliphatic carbocycles. The molecule has 0 bridgehead atoms. The molecule has 1 amide bonds. The van der Waals surface area contributed by atoms with E-state index in [2.05, 4.69) is 5.32 Å². The third-order valence-electron chi connectivity index (χ3n) is 2.80. The molecular weight excluding hydrogens is 262 g/mol. The molecule has 0 aliphatic rings. The van der Waals surface area contributed by atoms with Crippen LogP contribution in [-0.2, 0) is 11.3 Å². The van der Waals surface area contributed by atoms with Crippen LogP contribution in [0.25, 0.3) is 11.1 Å². The minimum Gasteiger partial charge on any atom is -0.507 e. The van der Waals surface area contributed by atoms with Gasteiger partial charge in [0.25, 0.3) is 0 Å².